The van der Waals surface area contributed by atoms with Gasteiger partial charge in [0, 0.05) is 0 Å². The van der Waals surface area contributed by atoms with Gasteiger partial charge in [-0.1, -0.05) is 23.8 Å². The summed E-state index contributed by atoms with van der Waals surface area (Å²) in [5, 5.41) is 8.36. The first kappa shape index (κ1) is 9.74. The van der Waals surface area contributed by atoms with Crippen LogP contribution < -0.4 is 5.48 Å². The second-order valence-corrected chi connectivity index (χ2v) is 3.14. The van der Waals surface area contributed by atoms with Gasteiger partial charge in [-0.15, -0.1) is 0 Å². The van der Waals surface area contributed by atoms with Crippen molar-refractivity contribution in [1.82, 2.24) is 5.48 Å². The van der Waals surface area contributed by atoms with Crippen molar-refractivity contribution in [3.63, 3.8) is 0 Å². The summed E-state index contributed by atoms with van der Waals surface area (Å²) in [6.07, 6.45) is 0.226. The number of aryl methyl sites for hydroxylation is 2. The Morgan fingerprint density at radius 2 is 2.15 bits per heavy atom. The maximum atomic E-state index is 10.9. The van der Waals surface area contributed by atoms with Crippen molar-refractivity contribution < 1.29 is 10.0 Å². The molecule has 0 saturated carbocycles. The predicted molar refractivity (Wildman–Crippen MR) is 49.5 cm³/mol. The first-order valence-corrected chi connectivity index (χ1v) is 4.12. The topological polar surface area (TPSA) is 49.3 Å². The van der Waals surface area contributed by atoms with E-state index < -0.39 is 0 Å². The summed E-state index contributed by atoms with van der Waals surface area (Å²) in [5.41, 5.74) is 4.75. The maximum absolute atomic E-state index is 10.9. The fourth-order valence-electron chi connectivity index (χ4n) is 1.20. The fourth-order valence-corrected chi connectivity index (χ4v) is 1.20. The summed E-state index contributed by atoms with van der Waals surface area (Å²) in [5.74, 6) is -0.381. The number of nitrogens with one attached hydrogen (secondary N) is 1. The lowest BCUT2D eigenvalue weighted by atomic mass is 10.0. The molecule has 2 N–H and O–H groups in total. The van der Waals surface area contributed by atoms with Crippen LogP contribution in [0.3, 0.4) is 0 Å². The molecule has 0 aromatic heterocycles. The number of carbonyl (C=O) groups is 1. The van der Waals surface area contributed by atoms with Gasteiger partial charge in [-0.3, -0.25) is 10.0 Å². The Hall–Kier alpha value is -1.35. The van der Waals surface area contributed by atoms with Crippen molar-refractivity contribution in [1.29, 1.82) is 0 Å². The van der Waals surface area contributed by atoms with E-state index in [2.05, 4.69) is 0 Å². The first-order valence-electron chi connectivity index (χ1n) is 4.12. The third-order valence-corrected chi connectivity index (χ3v) is 1.98. The minimum absolute atomic E-state index is 0.226. The summed E-state index contributed by atoms with van der Waals surface area (Å²) >= 11 is 0. The van der Waals surface area contributed by atoms with E-state index in [1.807, 2.05) is 32.0 Å². The van der Waals surface area contributed by atoms with E-state index in [4.69, 9.17) is 5.21 Å². The molecule has 0 fully saturated rings. The van der Waals surface area contributed by atoms with Crippen LogP contribution in [0.4, 0.5) is 0 Å². The second kappa shape index (κ2) is 4.05. The van der Waals surface area contributed by atoms with Gasteiger partial charge in [0.1, 0.15) is 0 Å². The molecule has 1 amide bonds. The maximum Gasteiger partial charge on any atom is 0.247 e. The number of rotatable bonds is 2. The van der Waals surface area contributed by atoms with Crippen molar-refractivity contribution in [2.75, 3.05) is 0 Å². The number of carbonyl (C=O) groups excluding carboxylic acids is 1. The largest absolute Gasteiger partial charge is 0.289 e. The van der Waals surface area contributed by atoms with E-state index in [-0.39, 0.29) is 12.3 Å². The lowest BCUT2D eigenvalue weighted by molar-refractivity contribution is -0.128. The Morgan fingerprint density at radius 1 is 1.46 bits per heavy atom. The van der Waals surface area contributed by atoms with E-state index in [9.17, 15) is 4.79 Å². The molecule has 1 aromatic rings. The number of hydrogen-bond acceptors (Lipinski definition) is 2. The Labute approximate surface area is 77.4 Å². The van der Waals surface area contributed by atoms with Crippen LogP contribution in [-0.2, 0) is 11.2 Å². The van der Waals surface area contributed by atoms with Crippen LogP contribution in [0.2, 0.25) is 0 Å². The van der Waals surface area contributed by atoms with Crippen molar-refractivity contribution in [3.05, 3.63) is 34.9 Å². The van der Waals surface area contributed by atoms with Crippen molar-refractivity contribution in [3.8, 4) is 0 Å². The normalized spacial score (nSPS) is 9.77. The molecular weight excluding hydrogens is 166 g/mol. The van der Waals surface area contributed by atoms with Gasteiger partial charge in [0.25, 0.3) is 0 Å². The summed E-state index contributed by atoms with van der Waals surface area (Å²) in [7, 11) is 0. The molecule has 0 spiro atoms. The number of hydroxylamine groups is 1. The third-order valence-electron chi connectivity index (χ3n) is 1.98. The van der Waals surface area contributed by atoms with Crippen molar-refractivity contribution >= 4 is 5.91 Å². The van der Waals surface area contributed by atoms with Gasteiger partial charge in [-0.2, -0.15) is 0 Å². The molecule has 3 nitrogen and oxygen atoms in total. The Balaban J connectivity index is 2.87. The Kier molecular flexibility index (Phi) is 3.03. The van der Waals surface area contributed by atoms with E-state index in [0.717, 1.165) is 16.7 Å². The van der Waals surface area contributed by atoms with E-state index in [1.54, 1.807) is 5.48 Å². The van der Waals surface area contributed by atoms with Crippen LogP contribution in [-0.4, -0.2) is 11.1 Å². The number of benzene rings is 1. The molecule has 0 radical (unpaired) electrons. The molecule has 0 saturated heterocycles. The third kappa shape index (κ3) is 2.56. The van der Waals surface area contributed by atoms with Crippen molar-refractivity contribution in [2.45, 2.75) is 20.3 Å². The molecule has 0 atom stereocenters. The zero-order valence-electron chi connectivity index (χ0n) is 7.79. The molecule has 0 aliphatic rings. The van der Waals surface area contributed by atoms with Gasteiger partial charge in [-0.05, 0) is 25.0 Å². The quantitative estimate of drug-likeness (QED) is 0.532. The molecule has 1 rings (SSSR count). The summed E-state index contributed by atoms with van der Waals surface area (Å²) in [4.78, 5) is 10.9. The lowest BCUT2D eigenvalue weighted by Crippen LogP contribution is -2.21. The molecule has 0 bridgehead atoms. The highest BCUT2D eigenvalue weighted by Crippen LogP contribution is 2.10. The SMILES string of the molecule is Cc1ccc(C)c(CC(=O)NO)c1. The highest BCUT2D eigenvalue weighted by molar-refractivity contribution is 5.77. The molecule has 13 heavy (non-hydrogen) atoms. The van der Waals surface area contributed by atoms with Crippen LogP contribution in [0.5, 0.6) is 0 Å². The zero-order chi connectivity index (χ0) is 9.84. The van der Waals surface area contributed by atoms with Crippen LogP contribution in [0.15, 0.2) is 18.2 Å². The van der Waals surface area contributed by atoms with Gasteiger partial charge in [0.05, 0.1) is 6.42 Å². The molecule has 0 aliphatic heterocycles. The highest BCUT2D eigenvalue weighted by atomic mass is 16.5. The predicted octanol–water partition coefficient (Wildman–Crippen LogP) is 1.35. The minimum Gasteiger partial charge on any atom is -0.289 e. The van der Waals surface area contributed by atoms with Gasteiger partial charge < -0.3 is 0 Å². The second-order valence-electron chi connectivity index (χ2n) is 3.14. The van der Waals surface area contributed by atoms with Gasteiger partial charge in [0.15, 0.2) is 0 Å². The molecule has 70 valence electrons. The minimum atomic E-state index is -0.381. The molecule has 0 aliphatic carbocycles. The molecule has 3 heteroatoms. The number of amides is 1. The smallest absolute Gasteiger partial charge is 0.247 e. The molecule has 1 aromatic carbocycles. The van der Waals surface area contributed by atoms with Crippen LogP contribution in [0.1, 0.15) is 16.7 Å². The zero-order valence-corrected chi connectivity index (χ0v) is 7.79. The highest BCUT2D eigenvalue weighted by Gasteiger charge is 2.04. The summed E-state index contributed by atoms with van der Waals surface area (Å²) in [6.45, 7) is 3.92. The monoisotopic (exact) mass is 179 g/mol. The van der Waals surface area contributed by atoms with Gasteiger partial charge >= 0.3 is 0 Å². The molecular formula is C10H13NO2. The lowest BCUT2D eigenvalue weighted by Gasteiger charge is -2.05. The summed E-state index contributed by atoms with van der Waals surface area (Å²) < 4.78 is 0. The fraction of sp³-hybridized carbons (Fsp3) is 0.300. The van der Waals surface area contributed by atoms with E-state index >= 15 is 0 Å². The standard InChI is InChI=1S/C10H13NO2/c1-7-3-4-8(2)9(5-7)6-10(12)11-13/h3-5,13H,6H2,1-2H3,(H,11,12). The molecule has 0 heterocycles. The van der Waals surface area contributed by atoms with Gasteiger partial charge in [0.2, 0.25) is 5.91 Å². The van der Waals surface area contributed by atoms with Crippen LogP contribution in [0, 0.1) is 13.8 Å². The average Bonchev–Trinajstić information content (AvgIpc) is 2.11. The molecule has 0 unspecified atom stereocenters. The van der Waals surface area contributed by atoms with Crippen LogP contribution in [0.25, 0.3) is 0 Å². The Morgan fingerprint density at radius 3 is 2.77 bits per heavy atom. The number of hydrogen-bond donors (Lipinski definition) is 2. The van der Waals surface area contributed by atoms with Crippen molar-refractivity contribution in [2.24, 2.45) is 0 Å². The van der Waals surface area contributed by atoms with Crippen LogP contribution >= 0.6 is 0 Å². The Bertz CT molecular complexity index is 321. The average molecular weight is 179 g/mol. The summed E-state index contributed by atoms with van der Waals surface area (Å²) in [6, 6.07) is 5.91. The van der Waals surface area contributed by atoms with E-state index in [1.165, 1.54) is 0 Å². The van der Waals surface area contributed by atoms with E-state index in [0.29, 0.717) is 0 Å². The first-order chi connectivity index (χ1) is 6.13. The van der Waals surface area contributed by atoms with Gasteiger partial charge in [-0.25, -0.2) is 5.48 Å².